The van der Waals surface area contributed by atoms with Crippen LogP contribution < -0.4 is 5.84 Å². The van der Waals surface area contributed by atoms with E-state index >= 15 is 0 Å². The van der Waals surface area contributed by atoms with Gasteiger partial charge in [0.1, 0.15) is 0 Å². The van der Waals surface area contributed by atoms with Crippen LogP contribution in [0.4, 0.5) is 0 Å². The third-order valence-electron chi connectivity index (χ3n) is 6.37. The van der Waals surface area contributed by atoms with Gasteiger partial charge in [0.2, 0.25) is 5.78 Å². The topological polar surface area (TPSA) is 88.6 Å². The molecule has 34 heavy (non-hydrogen) atoms. The van der Waals surface area contributed by atoms with E-state index in [0.717, 1.165) is 12.1 Å². The zero-order valence-corrected chi connectivity index (χ0v) is 20.7. The number of carbonyl (C=O) groups excluding carboxylic acids is 3. The van der Waals surface area contributed by atoms with Gasteiger partial charge in [-0.05, 0) is 43.7 Å². The molecule has 3 aromatic rings. The molecule has 0 saturated carbocycles. The maximum atomic E-state index is 13.6. The van der Waals surface area contributed by atoms with Gasteiger partial charge in [0, 0.05) is 55.2 Å². The average molecular weight is 501 g/mol. The Morgan fingerprint density at radius 2 is 1.76 bits per heavy atom. The van der Waals surface area contributed by atoms with E-state index in [1.54, 1.807) is 17.0 Å². The van der Waals surface area contributed by atoms with Crippen molar-refractivity contribution in [1.82, 2.24) is 14.5 Å². The third kappa shape index (κ3) is 4.56. The monoisotopic (exact) mass is 500 g/mol. The van der Waals surface area contributed by atoms with Gasteiger partial charge < -0.3 is 10.7 Å². The highest BCUT2D eigenvalue weighted by atomic mass is 35.5. The number of amides is 1. The van der Waals surface area contributed by atoms with Crippen LogP contribution in [0.3, 0.4) is 0 Å². The molecule has 0 radical (unpaired) electrons. The summed E-state index contributed by atoms with van der Waals surface area (Å²) < 4.78 is 1.24. The minimum atomic E-state index is -0.661. The number of hydrogen-bond donors (Lipinski definition) is 1. The molecular weight excluding hydrogens is 475 g/mol. The molecule has 0 spiro atoms. The van der Waals surface area contributed by atoms with Crippen molar-refractivity contribution in [1.29, 1.82) is 0 Å². The van der Waals surface area contributed by atoms with Crippen molar-refractivity contribution >= 4 is 51.6 Å². The molecule has 1 amide bonds. The third-order valence-corrected chi connectivity index (χ3v) is 6.92. The van der Waals surface area contributed by atoms with Crippen LogP contribution in [0.15, 0.2) is 42.6 Å². The smallest absolute Gasteiger partial charge is 0.255 e. The molecule has 2 N–H and O–H groups in total. The Hall–Kier alpha value is -2.87. The highest BCUT2D eigenvalue weighted by Gasteiger charge is 2.33. The lowest BCUT2D eigenvalue weighted by molar-refractivity contribution is -0.113. The second kappa shape index (κ2) is 9.41. The number of piperazine rings is 1. The van der Waals surface area contributed by atoms with Crippen LogP contribution in [0.1, 0.15) is 47.1 Å². The van der Waals surface area contributed by atoms with Crippen molar-refractivity contribution in [3.05, 3.63) is 69.3 Å². The van der Waals surface area contributed by atoms with E-state index in [-0.39, 0.29) is 34.1 Å². The summed E-state index contributed by atoms with van der Waals surface area (Å²) in [7, 11) is 0. The van der Waals surface area contributed by atoms with Crippen LogP contribution in [-0.2, 0) is 11.3 Å². The maximum Gasteiger partial charge on any atom is 0.255 e. The molecule has 2 atom stereocenters. The fourth-order valence-electron chi connectivity index (χ4n) is 4.53. The number of halogens is 2. The highest BCUT2D eigenvalue weighted by molar-refractivity contribution is 6.45. The van der Waals surface area contributed by atoms with E-state index < -0.39 is 11.6 Å². The molecule has 178 valence electrons. The first kappa shape index (κ1) is 24.3. The van der Waals surface area contributed by atoms with Crippen molar-refractivity contribution in [2.45, 2.75) is 39.4 Å². The fraction of sp³-hybridized carbons (Fsp3) is 0.320. The number of nitrogens with two attached hydrogens (primary N) is 1. The molecule has 1 aliphatic heterocycles. The molecule has 2 heterocycles. The first-order chi connectivity index (χ1) is 16.1. The van der Waals surface area contributed by atoms with Crippen LogP contribution in [-0.4, -0.2) is 57.1 Å². The number of rotatable bonds is 5. The van der Waals surface area contributed by atoms with Gasteiger partial charge in [-0.25, -0.2) is 0 Å². The van der Waals surface area contributed by atoms with Crippen molar-refractivity contribution in [2.24, 2.45) is 0 Å². The minimum absolute atomic E-state index is 0.0629. The molecule has 4 rings (SSSR count). The molecule has 9 heteroatoms. The molecule has 1 aromatic heterocycles. The van der Waals surface area contributed by atoms with Crippen molar-refractivity contribution in [3.8, 4) is 0 Å². The summed E-state index contributed by atoms with van der Waals surface area (Å²) in [6.07, 6.45) is 1.39. The number of nitrogens with zero attached hydrogens (tertiary/aromatic N) is 3. The molecule has 0 unspecified atom stereocenters. The Morgan fingerprint density at radius 3 is 2.44 bits per heavy atom. The van der Waals surface area contributed by atoms with E-state index in [9.17, 15) is 14.4 Å². The summed E-state index contributed by atoms with van der Waals surface area (Å²) in [5.74, 6) is 4.48. The molecular formula is C25H26Cl2N4O3. The zero-order chi connectivity index (χ0) is 24.7. The molecule has 7 nitrogen and oxygen atoms in total. The van der Waals surface area contributed by atoms with Gasteiger partial charge in [-0.3, -0.25) is 24.0 Å². The first-order valence-electron chi connectivity index (χ1n) is 11.0. The van der Waals surface area contributed by atoms with Crippen molar-refractivity contribution in [3.63, 3.8) is 0 Å². The van der Waals surface area contributed by atoms with Crippen molar-refractivity contribution < 1.29 is 14.4 Å². The number of carbonyl (C=O) groups is 3. The quantitative estimate of drug-likeness (QED) is 0.322. The minimum Gasteiger partial charge on any atom is -0.339 e. The summed E-state index contributed by atoms with van der Waals surface area (Å²) in [5, 5.41) is 1.37. The predicted molar refractivity (Wildman–Crippen MR) is 134 cm³/mol. The Morgan fingerprint density at radius 1 is 1.03 bits per heavy atom. The van der Waals surface area contributed by atoms with E-state index in [1.807, 2.05) is 31.2 Å². The predicted octanol–water partition coefficient (Wildman–Crippen LogP) is 4.17. The lowest BCUT2D eigenvalue weighted by Crippen LogP contribution is -2.57. The first-order valence-corrected chi connectivity index (χ1v) is 11.8. The molecule has 1 fully saturated rings. The van der Waals surface area contributed by atoms with E-state index in [2.05, 4.69) is 11.8 Å². The van der Waals surface area contributed by atoms with Crippen LogP contribution in [0.5, 0.6) is 0 Å². The van der Waals surface area contributed by atoms with Gasteiger partial charge >= 0.3 is 0 Å². The van der Waals surface area contributed by atoms with E-state index in [4.69, 9.17) is 29.0 Å². The van der Waals surface area contributed by atoms with Crippen LogP contribution >= 0.6 is 23.2 Å². The number of Topliss-reactive ketones (excluding diaryl/α,β-unsaturated/α-hetero) is 2. The molecule has 2 aromatic carbocycles. The Balaban J connectivity index is 1.60. The summed E-state index contributed by atoms with van der Waals surface area (Å²) >= 11 is 12.6. The maximum absolute atomic E-state index is 13.6. The average Bonchev–Trinajstić information content (AvgIpc) is 3.09. The second-order valence-electron chi connectivity index (χ2n) is 8.90. The molecule has 0 aliphatic carbocycles. The summed E-state index contributed by atoms with van der Waals surface area (Å²) in [4.78, 5) is 41.8. The second-order valence-corrected chi connectivity index (χ2v) is 9.74. The Labute approximate surface area is 208 Å². The van der Waals surface area contributed by atoms with Gasteiger partial charge in [0.15, 0.2) is 5.78 Å². The number of hydrogen-bond acceptors (Lipinski definition) is 5. The van der Waals surface area contributed by atoms with Gasteiger partial charge in [-0.15, -0.1) is 0 Å². The van der Waals surface area contributed by atoms with E-state index in [0.29, 0.717) is 29.0 Å². The summed E-state index contributed by atoms with van der Waals surface area (Å²) in [6.45, 7) is 7.23. The Kier molecular flexibility index (Phi) is 6.71. The SMILES string of the molecule is CC(=O)C(=O)c1cn(N)c2cc(Cl)c(C(=O)N3C[C@H](C)N(Cc4cccc(Cl)c4)C[C@H]3C)cc12. The Bertz CT molecular complexity index is 1300. The van der Waals surface area contributed by atoms with Gasteiger partial charge in [-0.1, -0.05) is 35.3 Å². The van der Waals surface area contributed by atoms with Crippen molar-refractivity contribution in [2.75, 3.05) is 18.9 Å². The zero-order valence-electron chi connectivity index (χ0n) is 19.2. The van der Waals surface area contributed by atoms with E-state index in [1.165, 1.54) is 17.8 Å². The summed E-state index contributed by atoms with van der Waals surface area (Å²) in [6, 6.07) is 11.0. The number of ketones is 2. The van der Waals surface area contributed by atoms with Gasteiger partial charge in [-0.2, -0.15) is 0 Å². The van der Waals surface area contributed by atoms with Gasteiger partial charge in [0.05, 0.1) is 21.7 Å². The van der Waals surface area contributed by atoms with Crippen LogP contribution in [0.2, 0.25) is 10.0 Å². The normalized spacial score (nSPS) is 18.9. The van der Waals surface area contributed by atoms with Crippen LogP contribution in [0.25, 0.3) is 10.9 Å². The highest BCUT2D eigenvalue weighted by Crippen LogP contribution is 2.30. The van der Waals surface area contributed by atoms with Crippen LogP contribution in [0, 0.1) is 0 Å². The number of aromatic nitrogens is 1. The number of nitrogen functional groups attached to an aromatic ring is 1. The lowest BCUT2D eigenvalue weighted by Gasteiger charge is -2.44. The largest absolute Gasteiger partial charge is 0.339 e. The molecule has 1 aliphatic rings. The molecule has 0 bridgehead atoms. The van der Waals surface area contributed by atoms with Gasteiger partial charge in [0.25, 0.3) is 5.91 Å². The number of fused-ring (bicyclic) bond motifs is 1. The summed E-state index contributed by atoms with van der Waals surface area (Å²) in [5.41, 5.74) is 2.02. The fourth-order valence-corrected chi connectivity index (χ4v) is 4.98. The standard InChI is InChI=1S/C25H26Cl2N4O3/c1-14-11-30(15(2)10-29(14)12-17-5-4-6-18(26)7-17)25(34)20-8-19-21(24(33)16(3)32)13-31(28)23(19)9-22(20)27/h4-9,13-15H,10-12,28H2,1-3H3/t14-,15+/m0/s1. The molecule has 1 saturated heterocycles. The lowest BCUT2D eigenvalue weighted by atomic mass is 10.0. The number of benzene rings is 2.